The molecule has 0 heterocycles. The fourth-order valence-corrected chi connectivity index (χ4v) is 1.12. The molecule has 80 valence electrons. The van der Waals surface area contributed by atoms with E-state index in [-0.39, 0.29) is 5.70 Å². The first-order valence-electron chi connectivity index (χ1n) is 4.57. The van der Waals surface area contributed by atoms with Gasteiger partial charge in [0.05, 0.1) is 6.61 Å². The van der Waals surface area contributed by atoms with Gasteiger partial charge in [-0.3, -0.25) is 0 Å². The van der Waals surface area contributed by atoms with Gasteiger partial charge in [-0.1, -0.05) is 18.2 Å². The number of ether oxygens (including phenoxy) is 1. The summed E-state index contributed by atoms with van der Waals surface area (Å²) in [5, 5.41) is 8.63. The van der Waals surface area contributed by atoms with Gasteiger partial charge in [0.1, 0.15) is 11.4 Å². The number of para-hydroxylation sites is 1. The summed E-state index contributed by atoms with van der Waals surface area (Å²) in [4.78, 5) is 10.5. The molecule has 4 nitrogen and oxygen atoms in total. The van der Waals surface area contributed by atoms with Gasteiger partial charge < -0.3 is 15.6 Å². The maximum Gasteiger partial charge on any atom is 0.351 e. The third-order valence-electron chi connectivity index (χ3n) is 1.78. The normalized spacial score (nSPS) is 11.1. The lowest BCUT2D eigenvalue weighted by atomic mass is 10.1. The van der Waals surface area contributed by atoms with E-state index in [9.17, 15) is 4.79 Å². The second-order valence-electron chi connectivity index (χ2n) is 2.88. The second-order valence-corrected chi connectivity index (χ2v) is 2.88. The highest BCUT2D eigenvalue weighted by molar-refractivity contribution is 5.91. The molecule has 3 N–H and O–H groups in total. The third kappa shape index (κ3) is 3.02. The number of benzene rings is 1. The van der Waals surface area contributed by atoms with Gasteiger partial charge in [-0.25, -0.2) is 4.79 Å². The Labute approximate surface area is 88.0 Å². The molecular weight excluding hydrogens is 194 g/mol. The number of carboxylic acids is 1. The fourth-order valence-electron chi connectivity index (χ4n) is 1.12. The van der Waals surface area contributed by atoms with Crippen molar-refractivity contribution in [3.63, 3.8) is 0 Å². The number of carboxylic acid groups (broad SMARTS) is 1. The first-order valence-corrected chi connectivity index (χ1v) is 4.57. The highest BCUT2D eigenvalue weighted by atomic mass is 16.5. The minimum Gasteiger partial charge on any atom is -0.493 e. The van der Waals surface area contributed by atoms with Crippen LogP contribution in [-0.2, 0) is 4.79 Å². The summed E-state index contributed by atoms with van der Waals surface area (Å²) in [6.07, 6.45) is 1.38. The average Bonchev–Trinajstić information content (AvgIpc) is 2.21. The minimum atomic E-state index is -1.14. The zero-order chi connectivity index (χ0) is 11.3. The number of hydrogen-bond acceptors (Lipinski definition) is 3. The Balaban J connectivity index is 3.03. The second kappa shape index (κ2) is 5.05. The molecule has 0 amide bonds. The Morgan fingerprint density at radius 1 is 1.53 bits per heavy atom. The van der Waals surface area contributed by atoms with Crippen LogP contribution in [-0.4, -0.2) is 17.7 Å². The van der Waals surface area contributed by atoms with E-state index in [4.69, 9.17) is 15.6 Å². The van der Waals surface area contributed by atoms with Gasteiger partial charge in [0, 0.05) is 5.56 Å². The summed E-state index contributed by atoms with van der Waals surface area (Å²) in [6, 6.07) is 7.13. The van der Waals surface area contributed by atoms with Crippen LogP contribution in [0, 0.1) is 0 Å². The Morgan fingerprint density at radius 2 is 2.20 bits per heavy atom. The Bertz CT molecular complexity index is 385. The highest BCUT2D eigenvalue weighted by Crippen LogP contribution is 2.19. The molecular formula is C11H13NO3. The van der Waals surface area contributed by atoms with Crippen LogP contribution in [0.25, 0.3) is 6.08 Å². The van der Waals surface area contributed by atoms with Crippen LogP contribution in [0.5, 0.6) is 5.75 Å². The number of hydrogen-bond donors (Lipinski definition) is 2. The van der Waals surface area contributed by atoms with E-state index in [0.29, 0.717) is 17.9 Å². The van der Waals surface area contributed by atoms with Crippen LogP contribution < -0.4 is 10.5 Å². The first-order chi connectivity index (χ1) is 7.15. The van der Waals surface area contributed by atoms with E-state index in [1.807, 2.05) is 13.0 Å². The number of aliphatic carboxylic acids is 1. The van der Waals surface area contributed by atoms with Gasteiger partial charge in [0.2, 0.25) is 0 Å². The summed E-state index contributed by atoms with van der Waals surface area (Å²) < 4.78 is 5.32. The van der Waals surface area contributed by atoms with Crippen molar-refractivity contribution in [3.05, 3.63) is 35.5 Å². The van der Waals surface area contributed by atoms with E-state index in [2.05, 4.69) is 0 Å². The van der Waals surface area contributed by atoms with E-state index < -0.39 is 5.97 Å². The largest absolute Gasteiger partial charge is 0.493 e. The van der Waals surface area contributed by atoms with E-state index in [1.165, 1.54) is 6.08 Å². The minimum absolute atomic E-state index is 0.206. The lowest BCUT2D eigenvalue weighted by Crippen LogP contribution is -2.09. The molecule has 0 aliphatic heterocycles. The van der Waals surface area contributed by atoms with Gasteiger partial charge in [-0.2, -0.15) is 0 Å². The first kappa shape index (κ1) is 11.1. The number of nitrogens with two attached hydrogens (primary N) is 1. The Hall–Kier alpha value is -1.97. The molecule has 0 unspecified atom stereocenters. The monoisotopic (exact) mass is 207 g/mol. The molecule has 1 aromatic rings. The van der Waals surface area contributed by atoms with Crippen LogP contribution in [0.4, 0.5) is 0 Å². The highest BCUT2D eigenvalue weighted by Gasteiger charge is 2.04. The molecule has 0 radical (unpaired) electrons. The predicted octanol–water partition coefficient (Wildman–Crippen LogP) is 1.47. The van der Waals surface area contributed by atoms with E-state index in [1.54, 1.807) is 18.2 Å². The Morgan fingerprint density at radius 3 is 2.80 bits per heavy atom. The quantitative estimate of drug-likeness (QED) is 0.733. The van der Waals surface area contributed by atoms with Crippen molar-refractivity contribution < 1.29 is 14.6 Å². The molecule has 0 fully saturated rings. The molecule has 4 heteroatoms. The smallest absolute Gasteiger partial charge is 0.351 e. The molecule has 0 atom stereocenters. The van der Waals surface area contributed by atoms with Crippen molar-refractivity contribution >= 4 is 12.0 Å². The maximum atomic E-state index is 10.5. The van der Waals surface area contributed by atoms with Crippen LogP contribution in [0.15, 0.2) is 30.0 Å². The lowest BCUT2D eigenvalue weighted by Gasteiger charge is -2.06. The summed E-state index contributed by atoms with van der Waals surface area (Å²) in [5.41, 5.74) is 5.78. The molecule has 0 aliphatic rings. The van der Waals surface area contributed by atoms with Gasteiger partial charge in [0.15, 0.2) is 0 Å². The van der Waals surface area contributed by atoms with Crippen LogP contribution in [0.1, 0.15) is 12.5 Å². The van der Waals surface area contributed by atoms with Crippen molar-refractivity contribution in [1.82, 2.24) is 0 Å². The van der Waals surface area contributed by atoms with Crippen LogP contribution in [0.2, 0.25) is 0 Å². The van der Waals surface area contributed by atoms with Crippen molar-refractivity contribution in [2.24, 2.45) is 5.73 Å². The summed E-state index contributed by atoms with van der Waals surface area (Å²) >= 11 is 0. The van der Waals surface area contributed by atoms with Crippen LogP contribution >= 0.6 is 0 Å². The van der Waals surface area contributed by atoms with Crippen molar-refractivity contribution in [1.29, 1.82) is 0 Å². The zero-order valence-electron chi connectivity index (χ0n) is 8.43. The molecule has 0 spiro atoms. The van der Waals surface area contributed by atoms with Crippen molar-refractivity contribution in [2.75, 3.05) is 6.61 Å². The zero-order valence-corrected chi connectivity index (χ0v) is 8.43. The number of carbonyl (C=O) groups is 1. The molecule has 1 rings (SSSR count). The molecule has 0 saturated heterocycles. The SMILES string of the molecule is CCOc1ccccc1/C=C(/N)C(=O)O. The van der Waals surface area contributed by atoms with E-state index >= 15 is 0 Å². The summed E-state index contributed by atoms with van der Waals surface area (Å²) in [6.45, 7) is 2.39. The van der Waals surface area contributed by atoms with Gasteiger partial charge >= 0.3 is 5.97 Å². The molecule has 0 bridgehead atoms. The van der Waals surface area contributed by atoms with E-state index in [0.717, 1.165) is 0 Å². The standard InChI is InChI=1S/C11H13NO3/c1-2-15-10-6-4-3-5-8(10)7-9(12)11(13)14/h3-7H,2,12H2,1H3,(H,13,14)/b9-7+. The predicted molar refractivity (Wildman–Crippen MR) is 57.4 cm³/mol. The van der Waals surface area contributed by atoms with Crippen molar-refractivity contribution in [2.45, 2.75) is 6.92 Å². The third-order valence-corrected chi connectivity index (χ3v) is 1.78. The Kier molecular flexibility index (Phi) is 3.74. The van der Waals surface area contributed by atoms with Gasteiger partial charge in [-0.15, -0.1) is 0 Å². The fraction of sp³-hybridized carbons (Fsp3) is 0.182. The van der Waals surface area contributed by atoms with Crippen molar-refractivity contribution in [3.8, 4) is 5.75 Å². The summed E-state index contributed by atoms with van der Waals surface area (Å²) in [7, 11) is 0. The van der Waals surface area contributed by atoms with Crippen LogP contribution in [0.3, 0.4) is 0 Å². The summed E-state index contributed by atoms with van der Waals surface area (Å²) in [5.74, 6) is -0.509. The molecule has 1 aromatic carbocycles. The molecule has 0 aliphatic carbocycles. The molecule has 0 saturated carbocycles. The molecule has 0 aromatic heterocycles. The number of rotatable bonds is 4. The van der Waals surface area contributed by atoms with Gasteiger partial charge in [-0.05, 0) is 19.1 Å². The average molecular weight is 207 g/mol. The topological polar surface area (TPSA) is 72.5 Å². The lowest BCUT2D eigenvalue weighted by molar-refractivity contribution is -0.132. The maximum absolute atomic E-state index is 10.5. The van der Waals surface area contributed by atoms with Gasteiger partial charge in [0.25, 0.3) is 0 Å². The molecule has 15 heavy (non-hydrogen) atoms.